The Morgan fingerprint density at radius 3 is 2.87 bits per heavy atom. The minimum Gasteiger partial charge on any atom is -0.496 e. The van der Waals surface area contributed by atoms with Crippen molar-refractivity contribution >= 4 is 18.0 Å². The van der Waals surface area contributed by atoms with Gasteiger partial charge in [-0.1, -0.05) is 18.2 Å². The van der Waals surface area contributed by atoms with Gasteiger partial charge in [0.2, 0.25) is 5.91 Å². The molecule has 1 aromatic rings. The van der Waals surface area contributed by atoms with Gasteiger partial charge in [0.1, 0.15) is 5.75 Å². The molecule has 0 spiro atoms. The molecule has 1 saturated heterocycles. The number of para-hydroxylation sites is 1. The summed E-state index contributed by atoms with van der Waals surface area (Å²) in [5, 5.41) is 8.85. The van der Waals surface area contributed by atoms with Crippen molar-refractivity contribution in [2.24, 2.45) is 0 Å². The predicted octanol–water partition coefficient (Wildman–Crippen LogP) is 2.95. The quantitative estimate of drug-likeness (QED) is 0.819. The molecule has 5 heteroatoms. The van der Waals surface area contributed by atoms with E-state index in [9.17, 15) is 9.59 Å². The summed E-state index contributed by atoms with van der Waals surface area (Å²) in [6.07, 6.45) is 6.82. The lowest BCUT2D eigenvalue weighted by Gasteiger charge is -2.35. The van der Waals surface area contributed by atoms with Gasteiger partial charge in [-0.25, -0.2) is 0 Å². The number of carboxylic acids is 1. The van der Waals surface area contributed by atoms with Crippen LogP contribution >= 0.6 is 0 Å². The van der Waals surface area contributed by atoms with E-state index in [1.807, 2.05) is 24.3 Å². The third-order valence-electron chi connectivity index (χ3n) is 4.15. The lowest BCUT2D eigenvalue weighted by molar-refractivity contribution is -0.138. The van der Waals surface area contributed by atoms with Crippen molar-refractivity contribution in [1.29, 1.82) is 0 Å². The molecule has 0 saturated carbocycles. The summed E-state index contributed by atoms with van der Waals surface area (Å²) in [7, 11) is 1.60. The standard InChI is InChI=1S/C18H23NO4/c1-23-16-8-3-2-6-14(16)9-11-17(20)19-13-5-4-7-15(19)10-12-18(21)22/h2-3,6,8-9,11,15H,4-5,7,10,12-13H2,1H3,(H,21,22). The van der Waals surface area contributed by atoms with Gasteiger partial charge in [-0.2, -0.15) is 0 Å². The van der Waals surface area contributed by atoms with Gasteiger partial charge in [0.05, 0.1) is 7.11 Å². The highest BCUT2D eigenvalue weighted by Gasteiger charge is 2.25. The molecule has 1 aromatic carbocycles. The van der Waals surface area contributed by atoms with Crippen LogP contribution in [0.4, 0.5) is 0 Å². The highest BCUT2D eigenvalue weighted by molar-refractivity contribution is 5.92. The second-order valence-corrected chi connectivity index (χ2v) is 5.69. The average Bonchev–Trinajstić information content (AvgIpc) is 2.58. The van der Waals surface area contributed by atoms with Gasteiger partial charge in [-0.05, 0) is 37.8 Å². The van der Waals surface area contributed by atoms with Crippen molar-refractivity contribution in [2.45, 2.75) is 38.1 Å². The molecule has 1 atom stereocenters. The smallest absolute Gasteiger partial charge is 0.303 e. The van der Waals surface area contributed by atoms with Gasteiger partial charge in [0, 0.05) is 30.6 Å². The van der Waals surface area contributed by atoms with Crippen molar-refractivity contribution in [3.63, 3.8) is 0 Å². The maximum absolute atomic E-state index is 12.5. The van der Waals surface area contributed by atoms with Crippen LogP contribution in [0.15, 0.2) is 30.3 Å². The monoisotopic (exact) mass is 317 g/mol. The molecule has 1 amide bonds. The third-order valence-corrected chi connectivity index (χ3v) is 4.15. The zero-order chi connectivity index (χ0) is 16.7. The van der Waals surface area contributed by atoms with E-state index in [4.69, 9.17) is 9.84 Å². The zero-order valence-electron chi connectivity index (χ0n) is 13.4. The first kappa shape index (κ1) is 17.1. The molecule has 0 radical (unpaired) electrons. The van der Waals surface area contributed by atoms with Crippen LogP contribution in [0, 0.1) is 0 Å². The minimum absolute atomic E-state index is 0.0228. The van der Waals surface area contributed by atoms with Gasteiger partial charge in [0.25, 0.3) is 0 Å². The van der Waals surface area contributed by atoms with Crippen LogP contribution in [0.5, 0.6) is 5.75 Å². The fourth-order valence-corrected chi connectivity index (χ4v) is 2.94. The summed E-state index contributed by atoms with van der Waals surface area (Å²) in [5.41, 5.74) is 0.849. The number of ether oxygens (including phenoxy) is 1. The van der Waals surface area contributed by atoms with Gasteiger partial charge in [0.15, 0.2) is 0 Å². The molecule has 0 aliphatic carbocycles. The van der Waals surface area contributed by atoms with Gasteiger partial charge in [-0.15, -0.1) is 0 Å². The lowest BCUT2D eigenvalue weighted by atomic mass is 9.97. The van der Waals surface area contributed by atoms with Crippen LogP contribution in [0.3, 0.4) is 0 Å². The van der Waals surface area contributed by atoms with Crippen LogP contribution in [0.25, 0.3) is 6.08 Å². The van der Waals surface area contributed by atoms with Crippen LogP contribution in [-0.4, -0.2) is 41.6 Å². The number of rotatable bonds is 6. The van der Waals surface area contributed by atoms with Crippen LogP contribution < -0.4 is 4.74 Å². The molecule has 5 nitrogen and oxygen atoms in total. The number of methoxy groups -OCH3 is 1. The molecule has 1 N–H and O–H groups in total. The Labute approximate surface area is 136 Å². The van der Waals surface area contributed by atoms with Crippen molar-refractivity contribution < 1.29 is 19.4 Å². The molecule has 1 fully saturated rings. The Morgan fingerprint density at radius 2 is 2.13 bits per heavy atom. The molecule has 124 valence electrons. The van der Waals surface area contributed by atoms with Gasteiger partial charge >= 0.3 is 5.97 Å². The van der Waals surface area contributed by atoms with Crippen LogP contribution in [-0.2, 0) is 9.59 Å². The molecule has 1 aliphatic heterocycles. The maximum atomic E-state index is 12.5. The van der Waals surface area contributed by atoms with E-state index in [1.165, 1.54) is 0 Å². The Hall–Kier alpha value is -2.30. The summed E-state index contributed by atoms with van der Waals surface area (Å²) in [4.78, 5) is 25.0. The highest BCUT2D eigenvalue weighted by Crippen LogP contribution is 2.23. The minimum atomic E-state index is -0.812. The molecule has 0 bridgehead atoms. The number of likely N-dealkylation sites (tertiary alicyclic amines) is 1. The van der Waals surface area contributed by atoms with Crippen molar-refractivity contribution in [3.8, 4) is 5.75 Å². The normalized spacial score (nSPS) is 18.1. The van der Waals surface area contributed by atoms with Crippen LogP contribution in [0.1, 0.15) is 37.7 Å². The van der Waals surface area contributed by atoms with E-state index in [0.717, 1.165) is 30.6 Å². The van der Waals surface area contributed by atoms with Crippen LogP contribution in [0.2, 0.25) is 0 Å². The number of nitrogens with zero attached hydrogens (tertiary/aromatic N) is 1. The van der Waals surface area contributed by atoms with Gasteiger partial charge in [-0.3, -0.25) is 9.59 Å². The SMILES string of the molecule is COc1ccccc1C=CC(=O)N1CCCCC1CCC(=O)O. The molecule has 0 aromatic heterocycles. The van der Waals surface area contributed by atoms with Crippen molar-refractivity contribution in [1.82, 2.24) is 4.90 Å². The molecular formula is C18H23NO4. The Bertz CT molecular complexity index is 582. The van der Waals surface area contributed by atoms with E-state index in [0.29, 0.717) is 13.0 Å². The predicted molar refractivity (Wildman–Crippen MR) is 88.2 cm³/mol. The van der Waals surface area contributed by atoms with E-state index >= 15 is 0 Å². The number of hydrogen-bond acceptors (Lipinski definition) is 3. The number of piperidine rings is 1. The largest absolute Gasteiger partial charge is 0.496 e. The first-order valence-electron chi connectivity index (χ1n) is 7.95. The van der Waals surface area contributed by atoms with E-state index in [2.05, 4.69) is 0 Å². The second kappa shape index (κ2) is 8.36. The van der Waals surface area contributed by atoms with Gasteiger partial charge < -0.3 is 14.7 Å². The Morgan fingerprint density at radius 1 is 1.35 bits per heavy atom. The Kier molecular flexibility index (Phi) is 6.20. The number of carbonyl (C=O) groups excluding carboxylic acids is 1. The molecule has 1 heterocycles. The second-order valence-electron chi connectivity index (χ2n) is 5.69. The molecule has 2 rings (SSSR count). The Balaban J connectivity index is 2.04. The summed E-state index contributed by atoms with van der Waals surface area (Å²) >= 11 is 0. The molecule has 23 heavy (non-hydrogen) atoms. The maximum Gasteiger partial charge on any atom is 0.303 e. The molecule has 1 unspecified atom stereocenters. The summed E-state index contributed by atoms with van der Waals surface area (Å²) in [5.74, 6) is -0.156. The van der Waals surface area contributed by atoms with E-state index in [-0.39, 0.29) is 18.4 Å². The fraction of sp³-hybridized carbons (Fsp3) is 0.444. The first-order chi connectivity index (χ1) is 11.1. The molecule has 1 aliphatic rings. The highest BCUT2D eigenvalue weighted by atomic mass is 16.5. The lowest BCUT2D eigenvalue weighted by Crippen LogP contribution is -2.43. The summed E-state index contributed by atoms with van der Waals surface area (Å²) in [6.45, 7) is 0.694. The number of hydrogen-bond donors (Lipinski definition) is 1. The summed E-state index contributed by atoms with van der Waals surface area (Å²) < 4.78 is 5.27. The van der Waals surface area contributed by atoms with Crippen molar-refractivity contribution in [2.75, 3.05) is 13.7 Å². The third kappa shape index (κ3) is 4.84. The van der Waals surface area contributed by atoms with E-state index in [1.54, 1.807) is 24.2 Å². The first-order valence-corrected chi connectivity index (χ1v) is 7.95. The molecular weight excluding hydrogens is 294 g/mol. The summed E-state index contributed by atoms with van der Waals surface area (Å²) in [6, 6.07) is 7.53. The fourth-order valence-electron chi connectivity index (χ4n) is 2.94. The number of carboxylic acid groups (broad SMARTS) is 1. The van der Waals surface area contributed by atoms with E-state index < -0.39 is 5.97 Å². The zero-order valence-corrected chi connectivity index (χ0v) is 13.4. The average molecular weight is 317 g/mol. The number of carbonyl (C=O) groups is 2. The number of aliphatic carboxylic acids is 1. The number of amides is 1. The number of benzene rings is 1. The van der Waals surface area contributed by atoms with Crippen molar-refractivity contribution in [3.05, 3.63) is 35.9 Å². The topological polar surface area (TPSA) is 66.8 Å².